The summed E-state index contributed by atoms with van der Waals surface area (Å²) in [6.07, 6.45) is 6.77. The Morgan fingerprint density at radius 3 is 2.72 bits per heavy atom. The number of carbonyl (C=O) groups excluding carboxylic acids is 1. The van der Waals surface area contributed by atoms with E-state index in [4.69, 9.17) is 4.98 Å². The van der Waals surface area contributed by atoms with Gasteiger partial charge >= 0.3 is 0 Å². The van der Waals surface area contributed by atoms with Crippen molar-refractivity contribution in [2.45, 2.75) is 57.4 Å². The summed E-state index contributed by atoms with van der Waals surface area (Å²) < 4.78 is 0. The Kier molecular flexibility index (Phi) is 6.01. The smallest absolute Gasteiger partial charge is 0.233 e. The number of pyridine rings is 1. The predicted molar refractivity (Wildman–Crippen MR) is 100 cm³/mol. The molecular weight excluding hydrogens is 330 g/mol. The molecule has 1 fully saturated rings. The summed E-state index contributed by atoms with van der Waals surface area (Å²) in [5, 5.41) is 10.2. The summed E-state index contributed by atoms with van der Waals surface area (Å²) in [7, 11) is 0. The molecule has 0 aromatic carbocycles. The molecule has 1 aromatic heterocycles. The first-order chi connectivity index (χ1) is 12.1. The zero-order valence-electron chi connectivity index (χ0n) is 15.3. The molecule has 2 atom stereocenters. The van der Waals surface area contributed by atoms with Gasteiger partial charge in [0, 0.05) is 18.8 Å². The Morgan fingerprint density at radius 1 is 1.28 bits per heavy atom. The van der Waals surface area contributed by atoms with Crippen LogP contribution in [0.1, 0.15) is 56.4 Å². The van der Waals surface area contributed by atoms with E-state index in [0.717, 1.165) is 36.7 Å². The Balaban J connectivity index is 1.69. The van der Waals surface area contributed by atoms with E-state index in [2.05, 4.69) is 19.9 Å². The molecule has 1 aromatic rings. The lowest BCUT2D eigenvalue weighted by molar-refractivity contribution is -0.130. The molecule has 2 aliphatic rings. The standard InChI is InChI=1S/C20H27N3OS/c1-14-8-15(2)12-23(11-14)19(24)13-25-20-17(10-21)9-16-6-4-3-5-7-18(16)22-20/h9,14-15H,3-8,11-13H2,1-2H3/t14-,15-/m0/s1. The fourth-order valence-electron chi connectivity index (χ4n) is 4.07. The van der Waals surface area contributed by atoms with Crippen molar-refractivity contribution in [1.29, 1.82) is 5.26 Å². The number of rotatable bonds is 3. The van der Waals surface area contributed by atoms with Crippen LogP contribution in [0.15, 0.2) is 11.1 Å². The number of thioether (sulfide) groups is 1. The second kappa shape index (κ2) is 8.23. The van der Waals surface area contributed by atoms with Crippen molar-refractivity contribution >= 4 is 17.7 Å². The molecule has 0 N–H and O–H groups in total. The van der Waals surface area contributed by atoms with Crippen LogP contribution in [-0.2, 0) is 17.6 Å². The van der Waals surface area contributed by atoms with Gasteiger partial charge in [0.05, 0.1) is 11.3 Å². The van der Waals surface area contributed by atoms with Gasteiger partial charge in [0.2, 0.25) is 5.91 Å². The molecule has 1 aliphatic heterocycles. The van der Waals surface area contributed by atoms with Crippen LogP contribution in [0.3, 0.4) is 0 Å². The van der Waals surface area contributed by atoms with Crippen molar-refractivity contribution in [2.24, 2.45) is 11.8 Å². The van der Waals surface area contributed by atoms with E-state index >= 15 is 0 Å². The molecule has 5 heteroatoms. The van der Waals surface area contributed by atoms with Crippen LogP contribution in [0.4, 0.5) is 0 Å². The summed E-state index contributed by atoms with van der Waals surface area (Å²) in [5.74, 6) is 1.68. The third kappa shape index (κ3) is 4.55. The topological polar surface area (TPSA) is 57.0 Å². The Hall–Kier alpha value is -1.54. The molecule has 0 unspecified atom stereocenters. The van der Waals surface area contributed by atoms with Crippen LogP contribution in [0, 0.1) is 23.2 Å². The molecule has 1 saturated heterocycles. The van der Waals surface area contributed by atoms with Crippen molar-refractivity contribution in [1.82, 2.24) is 9.88 Å². The maximum atomic E-state index is 12.6. The van der Waals surface area contributed by atoms with Crippen molar-refractivity contribution in [2.75, 3.05) is 18.8 Å². The van der Waals surface area contributed by atoms with E-state index in [1.807, 2.05) is 11.0 Å². The number of nitriles is 1. The molecule has 0 bridgehead atoms. The lowest BCUT2D eigenvalue weighted by Gasteiger charge is -2.35. The summed E-state index contributed by atoms with van der Waals surface area (Å²) >= 11 is 1.43. The number of fused-ring (bicyclic) bond motifs is 1. The van der Waals surface area contributed by atoms with Crippen molar-refractivity contribution in [3.05, 3.63) is 22.9 Å². The van der Waals surface area contributed by atoms with Crippen LogP contribution in [0.25, 0.3) is 0 Å². The van der Waals surface area contributed by atoms with Crippen LogP contribution in [0.2, 0.25) is 0 Å². The SMILES string of the molecule is C[C@H]1C[C@H](C)CN(C(=O)CSc2nc3c(cc2C#N)CCCCC3)C1. The van der Waals surface area contributed by atoms with Crippen molar-refractivity contribution < 1.29 is 4.79 Å². The lowest BCUT2D eigenvalue weighted by Crippen LogP contribution is -2.43. The highest BCUT2D eigenvalue weighted by Crippen LogP contribution is 2.28. The summed E-state index contributed by atoms with van der Waals surface area (Å²) in [5.41, 5.74) is 2.98. The van der Waals surface area contributed by atoms with Gasteiger partial charge in [-0.3, -0.25) is 4.79 Å². The van der Waals surface area contributed by atoms with Gasteiger partial charge in [-0.1, -0.05) is 32.0 Å². The highest BCUT2D eigenvalue weighted by molar-refractivity contribution is 7.99. The van der Waals surface area contributed by atoms with Gasteiger partial charge in [0.25, 0.3) is 0 Å². The van der Waals surface area contributed by atoms with E-state index < -0.39 is 0 Å². The fraction of sp³-hybridized carbons (Fsp3) is 0.650. The zero-order chi connectivity index (χ0) is 17.8. The van der Waals surface area contributed by atoms with Crippen LogP contribution in [0.5, 0.6) is 0 Å². The van der Waals surface area contributed by atoms with Crippen LogP contribution in [-0.4, -0.2) is 34.6 Å². The monoisotopic (exact) mass is 357 g/mol. The number of hydrogen-bond donors (Lipinski definition) is 0. The van der Waals surface area contributed by atoms with E-state index in [-0.39, 0.29) is 5.91 Å². The number of amides is 1. The third-order valence-corrected chi connectivity index (χ3v) is 6.17. The Bertz CT molecular complexity index is 672. The van der Waals surface area contributed by atoms with Gasteiger partial charge in [0.1, 0.15) is 11.1 Å². The Labute approximate surface area is 155 Å². The number of nitrogens with zero attached hydrogens (tertiary/aromatic N) is 3. The molecule has 0 radical (unpaired) electrons. The largest absolute Gasteiger partial charge is 0.341 e. The van der Waals surface area contributed by atoms with Crippen molar-refractivity contribution in [3.8, 4) is 6.07 Å². The molecule has 2 heterocycles. The lowest BCUT2D eigenvalue weighted by atomic mass is 9.92. The molecule has 0 saturated carbocycles. The number of carbonyl (C=O) groups is 1. The average molecular weight is 358 g/mol. The van der Waals surface area contributed by atoms with E-state index in [1.165, 1.54) is 43.0 Å². The second-order valence-electron chi connectivity index (χ2n) is 7.65. The second-order valence-corrected chi connectivity index (χ2v) is 8.62. The third-order valence-electron chi connectivity index (χ3n) is 5.19. The van der Waals surface area contributed by atoms with Crippen LogP contribution >= 0.6 is 11.8 Å². The number of piperidine rings is 1. The number of likely N-dealkylation sites (tertiary alicyclic amines) is 1. The van der Waals surface area contributed by atoms with Gasteiger partial charge in [0.15, 0.2) is 0 Å². The molecule has 25 heavy (non-hydrogen) atoms. The Morgan fingerprint density at radius 2 is 2.00 bits per heavy atom. The summed E-state index contributed by atoms with van der Waals surface area (Å²) in [4.78, 5) is 19.3. The number of aryl methyl sites for hydroxylation is 2. The van der Waals surface area contributed by atoms with E-state index in [9.17, 15) is 10.1 Å². The summed E-state index contributed by atoms with van der Waals surface area (Å²) in [6.45, 7) is 6.13. The normalized spacial score (nSPS) is 23.5. The molecular formula is C20H27N3OS. The maximum Gasteiger partial charge on any atom is 0.233 e. The first-order valence-electron chi connectivity index (χ1n) is 9.40. The molecule has 4 nitrogen and oxygen atoms in total. The predicted octanol–water partition coefficient (Wildman–Crippen LogP) is 3.82. The maximum absolute atomic E-state index is 12.6. The van der Waals surface area contributed by atoms with Gasteiger partial charge in [-0.2, -0.15) is 5.26 Å². The highest BCUT2D eigenvalue weighted by atomic mass is 32.2. The summed E-state index contributed by atoms with van der Waals surface area (Å²) in [6, 6.07) is 4.28. The van der Waals surface area contributed by atoms with Crippen LogP contribution < -0.4 is 0 Å². The molecule has 1 amide bonds. The van der Waals surface area contributed by atoms with Gasteiger partial charge in [-0.25, -0.2) is 4.98 Å². The van der Waals surface area contributed by atoms with E-state index in [1.54, 1.807) is 0 Å². The first kappa shape index (κ1) is 18.3. The molecule has 0 spiro atoms. The van der Waals surface area contributed by atoms with Gasteiger partial charge in [-0.05, 0) is 55.6 Å². The van der Waals surface area contributed by atoms with Gasteiger partial charge < -0.3 is 4.90 Å². The zero-order valence-corrected chi connectivity index (χ0v) is 16.1. The molecule has 3 rings (SSSR count). The highest BCUT2D eigenvalue weighted by Gasteiger charge is 2.25. The minimum atomic E-state index is 0.170. The molecule has 1 aliphatic carbocycles. The minimum absolute atomic E-state index is 0.170. The minimum Gasteiger partial charge on any atom is -0.341 e. The molecule has 134 valence electrons. The fourth-order valence-corrected chi connectivity index (χ4v) is 4.95. The number of hydrogen-bond acceptors (Lipinski definition) is 4. The van der Waals surface area contributed by atoms with Gasteiger partial charge in [-0.15, -0.1) is 0 Å². The quantitative estimate of drug-likeness (QED) is 0.609. The van der Waals surface area contributed by atoms with E-state index in [0.29, 0.717) is 23.2 Å². The first-order valence-corrected chi connectivity index (χ1v) is 10.4. The average Bonchev–Trinajstić information content (AvgIpc) is 2.82. The number of aromatic nitrogens is 1. The van der Waals surface area contributed by atoms with Crippen molar-refractivity contribution in [3.63, 3.8) is 0 Å².